The normalized spacial score (nSPS) is 17.7. The van der Waals surface area contributed by atoms with Gasteiger partial charge in [0.05, 0.1) is 11.7 Å². The van der Waals surface area contributed by atoms with Crippen LogP contribution in [0.5, 0.6) is 5.75 Å². The summed E-state index contributed by atoms with van der Waals surface area (Å²) < 4.78 is 43.6. The van der Waals surface area contributed by atoms with Gasteiger partial charge in [-0.3, -0.25) is 9.48 Å². The van der Waals surface area contributed by atoms with Crippen LogP contribution >= 0.6 is 0 Å². The summed E-state index contributed by atoms with van der Waals surface area (Å²) >= 11 is 0. The number of nitrogens with one attached hydrogen (secondary N) is 2. The molecule has 0 bridgehead atoms. The minimum atomic E-state index is -4.45. The second kappa shape index (κ2) is 7.77. The van der Waals surface area contributed by atoms with Gasteiger partial charge in [-0.2, -0.15) is 18.3 Å². The number of carbonyl (C=O) groups is 1. The molecule has 2 aromatic rings. The summed E-state index contributed by atoms with van der Waals surface area (Å²) in [4.78, 5) is 12.4. The molecule has 140 valence electrons. The third-order valence-electron chi connectivity index (χ3n) is 4.01. The number of nitrogens with zero attached hydrogens (tertiary/aromatic N) is 2. The van der Waals surface area contributed by atoms with Gasteiger partial charge in [-0.1, -0.05) is 12.1 Å². The number of aromatic nitrogens is 2. The van der Waals surface area contributed by atoms with E-state index in [9.17, 15) is 18.0 Å². The highest BCUT2D eigenvalue weighted by Crippen LogP contribution is 2.26. The molecule has 1 atom stereocenters. The highest BCUT2D eigenvalue weighted by atomic mass is 19.4. The molecule has 3 rings (SSSR count). The van der Waals surface area contributed by atoms with Crippen molar-refractivity contribution in [3.63, 3.8) is 0 Å². The minimum absolute atomic E-state index is 0.0471. The van der Waals surface area contributed by atoms with E-state index in [0.717, 1.165) is 25.9 Å². The Balaban J connectivity index is 1.67. The second-order valence-electron chi connectivity index (χ2n) is 6.04. The Labute approximate surface area is 148 Å². The van der Waals surface area contributed by atoms with Crippen molar-refractivity contribution < 1.29 is 22.7 Å². The molecule has 0 spiro atoms. The molecule has 1 aromatic heterocycles. The molecule has 1 amide bonds. The Morgan fingerprint density at radius 2 is 2.15 bits per heavy atom. The van der Waals surface area contributed by atoms with E-state index in [4.69, 9.17) is 4.74 Å². The van der Waals surface area contributed by atoms with Crippen LogP contribution in [0.3, 0.4) is 0 Å². The molecule has 0 radical (unpaired) electrons. The monoisotopic (exact) mass is 368 g/mol. The van der Waals surface area contributed by atoms with E-state index in [-0.39, 0.29) is 23.2 Å². The molecule has 0 saturated carbocycles. The lowest BCUT2D eigenvalue weighted by Crippen LogP contribution is -2.32. The van der Waals surface area contributed by atoms with Crippen LogP contribution in [-0.4, -0.2) is 41.6 Å². The van der Waals surface area contributed by atoms with Crippen LogP contribution in [0.15, 0.2) is 36.5 Å². The lowest BCUT2D eigenvalue weighted by atomic mass is 10.1. The number of amides is 1. The van der Waals surface area contributed by atoms with Crippen LogP contribution in [-0.2, 0) is 0 Å². The maximum absolute atomic E-state index is 12.4. The van der Waals surface area contributed by atoms with E-state index in [2.05, 4.69) is 15.7 Å². The number of hydrogen-bond acceptors (Lipinski definition) is 4. The summed E-state index contributed by atoms with van der Waals surface area (Å²) in [6.45, 7) is 0.333. The molecule has 1 saturated heterocycles. The average Bonchev–Trinajstić information content (AvgIpc) is 3.11. The number of halogens is 3. The van der Waals surface area contributed by atoms with Gasteiger partial charge in [0.15, 0.2) is 12.3 Å². The first-order valence-corrected chi connectivity index (χ1v) is 8.28. The molecule has 1 fully saturated rings. The maximum atomic E-state index is 12.4. The molecule has 1 unspecified atom stereocenters. The van der Waals surface area contributed by atoms with Crippen molar-refractivity contribution in [3.05, 3.63) is 42.2 Å². The first-order valence-electron chi connectivity index (χ1n) is 8.28. The predicted molar refractivity (Wildman–Crippen MR) is 89.3 cm³/mol. The summed E-state index contributed by atoms with van der Waals surface area (Å²) in [5.41, 5.74) is 0.358. The maximum Gasteiger partial charge on any atom is 0.422 e. The van der Waals surface area contributed by atoms with Crippen molar-refractivity contribution in [3.8, 4) is 5.75 Å². The fraction of sp³-hybridized carbons (Fsp3) is 0.412. The van der Waals surface area contributed by atoms with Crippen LogP contribution in [0, 0.1) is 0 Å². The predicted octanol–water partition coefficient (Wildman–Crippen LogP) is 3.00. The summed E-state index contributed by atoms with van der Waals surface area (Å²) in [5, 5.41) is 10.1. The van der Waals surface area contributed by atoms with Crippen LogP contribution in [0.25, 0.3) is 0 Å². The molecule has 1 aliphatic rings. The topological polar surface area (TPSA) is 68.2 Å². The van der Waals surface area contributed by atoms with E-state index < -0.39 is 18.7 Å². The van der Waals surface area contributed by atoms with Gasteiger partial charge in [-0.15, -0.1) is 0 Å². The Kier molecular flexibility index (Phi) is 5.46. The average molecular weight is 368 g/mol. The molecule has 1 aromatic carbocycles. The number of piperidine rings is 1. The van der Waals surface area contributed by atoms with E-state index in [1.165, 1.54) is 18.2 Å². The van der Waals surface area contributed by atoms with Crippen LogP contribution in [0.4, 0.5) is 18.9 Å². The van der Waals surface area contributed by atoms with E-state index >= 15 is 0 Å². The number of para-hydroxylation sites is 2. The number of rotatable bonds is 5. The smallest absolute Gasteiger partial charge is 0.422 e. The molecule has 26 heavy (non-hydrogen) atoms. The third-order valence-corrected chi connectivity index (χ3v) is 4.01. The zero-order valence-corrected chi connectivity index (χ0v) is 13.9. The van der Waals surface area contributed by atoms with Crippen LogP contribution < -0.4 is 15.4 Å². The number of hydrogen-bond donors (Lipinski definition) is 2. The fourth-order valence-corrected chi connectivity index (χ4v) is 2.76. The second-order valence-corrected chi connectivity index (χ2v) is 6.04. The van der Waals surface area contributed by atoms with Crippen molar-refractivity contribution in [2.24, 2.45) is 0 Å². The van der Waals surface area contributed by atoms with Crippen molar-refractivity contribution in [1.29, 1.82) is 0 Å². The molecule has 0 aliphatic carbocycles. The minimum Gasteiger partial charge on any atom is -0.482 e. The Morgan fingerprint density at radius 1 is 1.35 bits per heavy atom. The largest absolute Gasteiger partial charge is 0.482 e. The summed E-state index contributed by atoms with van der Waals surface area (Å²) in [7, 11) is 0. The quantitative estimate of drug-likeness (QED) is 0.851. The SMILES string of the molecule is O=C(Nc1ccccc1OCC(F)(F)F)c1ccn(C2CCCNC2)n1. The first kappa shape index (κ1) is 18.2. The number of carbonyl (C=O) groups excluding carboxylic acids is 1. The highest BCUT2D eigenvalue weighted by molar-refractivity contribution is 6.03. The van der Waals surface area contributed by atoms with Crippen LogP contribution in [0.1, 0.15) is 29.4 Å². The van der Waals surface area contributed by atoms with Crippen molar-refractivity contribution >= 4 is 11.6 Å². The third kappa shape index (κ3) is 4.75. The van der Waals surface area contributed by atoms with Gasteiger partial charge in [0.2, 0.25) is 0 Å². The number of alkyl halides is 3. The molecule has 9 heteroatoms. The van der Waals surface area contributed by atoms with Crippen molar-refractivity contribution in [2.45, 2.75) is 25.1 Å². The van der Waals surface area contributed by atoms with Gasteiger partial charge in [-0.05, 0) is 37.6 Å². The highest BCUT2D eigenvalue weighted by Gasteiger charge is 2.29. The van der Waals surface area contributed by atoms with Crippen molar-refractivity contribution in [1.82, 2.24) is 15.1 Å². The van der Waals surface area contributed by atoms with Crippen molar-refractivity contribution in [2.75, 3.05) is 25.0 Å². The Bertz CT molecular complexity index is 754. The summed E-state index contributed by atoms with van der Waals surface area (Å²) in [5.74, 6) is -0.551. The Hall–Kier alpha value is -2.55. The van der Waals surface area contributed by atoms with Gasteiger partial charge < -0.3 is 15.4 Å². The van der Waals surface area contributed by atoms with Gasteiger partial charge >= 0.3 is 6.18 Å². The van der Waals surface area contributed by atoms with Crippen LogP contribution in [0.2, 0.25) is 0 Å². The lowest BCUT2D eigenvalue weighted by molar-refractivity contribution is -0.153. The van der Waals surface area contributed by atoms with E-state index in [1.807, 2.05) is 0 Å². The fourth-order valence-electron chi connectivity index (χ4n) is 2.76. The Morgan fingerprint density at radius 3 is 2.88 bits per heavy atom. The molecular formula is C17H19F3N4O2. The summed E-state index contributed by atoms with van der Waals surface area (Å²) in [6, 6.07) is 7.75. The summed E-state index contributed by atoms with van der Waals surface area (Å²) in [6.07, 6.45) is -0.706. The van der Waals surface area contributed by atoms with Gasteiger partial charge in [0, 0.05) is 12.7 Å². The van der Waals surface area contributed by atoms with Gasteiger partial charge in [0.25, 0.3) is 5.91 Å². The molecule has 6 nitrogen and oxygen atoms in total. The number of anilines is 1. The molecular weight excluding hydrogens is 349 g/mol. The number of benzene rings is 1. The molecule has 2 heterocycles. The van der Waals surface area contributed by atoms with E-state index in [1.54, 1.807) is 23.0 Å². The molecule has 1 aliphatic heterocycles. The van der Waals surface area contributed by atoms with Gasteiger partial charge in [-0.25, -0.2) is 0 Å². The number of ether oxygens (including phenoxy) is 1. The zero-order valence-electron chi connectivity index (χ0n) is 13.9. The standard InChI is InChI=1S/C17H19F3N4O2/c18-17(19,20)11-26-15-6-2-1-5-13(15)22-16(25)14-7-9-24(23-14)12-4-3-8-21-10-12/h1-2,5-7,9,12,21H,3-4,8,10-11H2,(H,22,25). The zero-order chi connectivity index (χ0) is 18.6. The molecule has 2 N–H and O–H groups in total. The first-order chi connectivity index (χ1) is 12.4. The van der Waals surface area contributed by atoms with Gasteiger partial charge in [0.1, 0.15) is 5.75 Å². The lowest BCUT2D eigenvalue weighted by Gasteiger charge is -2.22. The van der Waals surface area contributed by atoms with E-state index in [0.29, 0.717) is 0 Å².